The Kier molecular flexibility index (Phi) is 5.80. The van der Waals surface area contributed by atoms with Gasteiger partial charge in [-0.3, -0.25) is 4.79 Å². The summed E-state index contributed by atoms with van der Waals surface area (Å²) in [6.45, 7) is 0.107. The van der Waals surface area contributed by atoms with Crippen LogP contribution in [0.5, 0.6) is 5.75 Å². The molecule has 0 fully saturated rings. The second kappa shape index (κ2) is 8.05. The van der Waals surface area contributed by atoms with Gasteiger partial charge in [-0.05, 0) is 35.9 Å². The molecule has 5 nitrogen and oxygen atoms in total. The number of nitrogens with zero attached hydrogens (tertiary/aromatic N) is 1. The number of carbonyl (C=O) groups excluding carboxylic acids is 1. The normalized spacial score (nSPS) is 10.5. The summed E-state index contributed by atoms with van der Waals surface area (Å²) in [6, 6.07) is 14.5. The maximum Gasteiger partial charge on any atom is 0.259 e. The lowest BCUT2D eigenvalue weighted by Crippen LogP contribution is -2.25. The maximum atomic E-state index is 11.7. The summed E-state index contributed by atoms with van der Waals surface area (Å²) in [5.41, 5.74) is 4.06. The number of hydrogen-bond acceptors (Lipinski definition) is 4. The smallest absolute Gasteiger partial charge is 0.259 e. The summed E-state index contributed by atoms with van der Waals surface area (Å²) in [5.74, 6) is 0.483. The Morgan fingerprint density at radius 1 is 1.27 bits per heavy atom. The Bertz CT molecular complexity index is 674. The van der Waals surface area contributed by atoms with Gasteiger partial charge in [-0.2, -0.15) is 5.10 Å². The van der Waals surface area contributed by atoms with Gasteiger partial charge >= 0.3 is 0 Å². The third-order valence-corrected chi connectivity index (χ3v) is 3.01. The van der Waals surface area contributed by atoms with Crippen LogP contribution in [0.15, 0.2) is 53.6 Å². The lowest BCUT2D eigenvalue weighted by atomic mass is 10.2. The van der Waals surface area contributed by atoms with Gasteiger partial charge in [0, 0.05) is 10.7 Å². The van der Waals surface area contributed by atoms with E-state index >= 15 is 0 Å². The lowest BCUT2D eigenvalue weighted by Gasteiger charge is -2.05. The lowest BCUT2D eigenvalue weighted by molar-refractivity contribution is -0.119. The number of nitrogens with one attached hydrogen (secondary N) is 2. The Hall–Kier alpha value is -2.53. The van der Waals surface area contributed by atoms with E-state index in [0.717, 1.165) is 17.0 Å². The van der Waals surface area contributed by atoms with Crippen LogP contribution in [0.1, 0.15) is 5.56 Å². The highest BCUT2D eigenvalue weighted by atomic mass is 35.5. The van der Waals surface area contributed by atoms with Crippen molar-refractivity contribution in [3.63, 3.8) is 0 Å². The molecular formula is C16H16ClN3O2. The van der Waals surface area contributed by atoms with Crippen molar-refractivity contribution in [1.29, 1.82) is 0 Å². The van der Waals surface area contributed by atoms with Crippen molar-refractivity contribution in [1.82, 2.24) is 5.43 Å². The number of hydrazone groups is 1. The van der Waals surface area contributed by atoms with E-state index in [0.29, 0.717) is 5.02 Å². The van der Waals surface area contributed by atoms with Gasteiger partial charge in [-0.1, -0.05) is 29.8 Å². The van der Waals surface area contributed by atoms with Crippen molar-refractivity contribution < 1.29 is 9.53 Å². The summed E-state index contributed by atoms with van der Waals surface area (Å²) in [6.07, 6.45) is 1.56. The number of rotatable bonds is 6. The van der Waals surface area contributed by atoms with Crippen LogP contribution in [0, 0.1) is 0 Å². The topological polar surface area (TPSA) is 62.7 Å². The van der Waals surface area contributed by atoms with Crippen molar-refractivity contribution in [2.75, 3.05) is 19.0 Å². The monoisotopic (exact) mass is 317 g/mol. The fourth-order valence-electron chi connectivity index (χ4n) is 1.72. The molecule has 0 bridgehead atoms. The average molecular weight is 318 g/mol. The molecule has 6 heteroatoms. The second-order valence-corrected chi connectivity index (χ2v) is 4.87. The first-order valence-corrected chi connectivity index (χ1v) is 7.00. The molecule has 0 atom stereocenters. The van der Waals surface area contributed by atoms with Crippen molar-refractivity contribution in [2.45, 2.75) is 0 Å². The predicted octanol–water partition coefficient (Wildman–Crippen LogP) is 2.91. The van der Waals surface area contributed by atoms with Gasteiger partial charge in [0.1, 0.15) is 5.75 Å². The van der Waals surface area contributed by atoms with Crippen LogP contribution in [-0.4, -0.2) is 25.8 Å². The first-order valence-electron chi connectivity index (χ1n) is 6.63. The number of hydrogen-bond donors (Lipinski definition) is 2. The third-order valence-electron chi connectivity index (χ3n) is 2.77. The molecule has 1 amide bonds. The zero-order chi connectivity index (χ0) is 15.8. The molecule has 0 saturated carbocycles. The molecule has 0 unspecified atom stereocenters. The minimum Gasteiger partial charge on any atom is -0.497 e. The van der Waals surface area contributed by atoms with Crippen LogP contribution in [0.25, 0.3) is 0 Å². The van der Waals surface area contributed by atoms with E-state index in [9.17, 15) is 4.79 Å². The van der Waals surface area contributed by atoms with Crippen LogP contribution in [0.4, 0.5) is 5.69 Å². The molecule has 2 rings (SSSR count). The molecule has 0 radical (unpaired) electrons. The molecule has 0 saturated heterocycles. The second-order valence-electron chi connectivity index (χ2n) is 4.43. The first kappa shape index (κ1) is 15.9. The highest BCUT2D eigenvalue weighted by molar-refractivity contribution is 6.30. The molecule has 114 valence electrons. The van der Waals surface area contributed by atoms with E-state index in [1.807, 2.05) is 36.4 Å². The molecule has 0 spiro atoms. The van der Waals surface area contributed by atoms with Gasteiger partial charge in [0.25, 0.3) is 5.91 Å². The fraction of sp³-hybridized carbons (Fsp3) is 0.125. The zero-order valence-electron chi connectivity index (χ0n) is 12.0. The number of anilines is 1. The molecule has 0 heterocycles. The standard InChI is InChI=1S/C16H16ClN3O2/c1-22-15-7-2-4-12(8-15)10-19-20-16(21)11-18-14-6-3-5-13(17)9-14/h2-10,18H,11H2,1H3,(H,20,21)/b19-10+. The van der Waals surface area contributed by atoms with Crippen molar-refractivity contribution >= 4 is 29.4 Å². The summed E-state index contributed by atoms with van der Waals surface area (Å²) in [7, 11) is 1.60. The number of methoxy groups -OCH3 is 1. The van der Waals surface area contributed by atoms with Crippen LogP contribution >= 0.6 is 11.6 Å². The highest BCUT2D eigenvalue weighted by Crippen LogP contribution is 2.14. The van der Waals surface area contributed by atoms with Crippen molar-refractivity contribution in [3.05, 3.63) is 59.1 Å². The number of ether oxygens (including phenoxy) is 1. The van der Waals surface area contributed by atoms with E-state index in [4.69, 9.17) is 16.3 Å². The third kappa shape index (κ3) is 5.10. The maximum absolute atomic E-state index is 11.7. The van der Waals surface area contributed by atoms with Crippen LogP contribution in [-0.2, 0) is 4.79 Å². The van der Waals surface area contributed by atoms with E-state index in [1.54, 1.807) is 25.5 Å². The van der Waals surface area contributed by atoms with Crippen molar-refractivity contribution in [3.8, 4) is 5.75 Å². The number of halogens is 1. The van der Waals surface area contributed by atoms with Gasteiger partial charge in [-0.15, -0.1) is 0 Å². The Balaban J connectivity index is 1.81. The van der Waals surface area contributed by atoms with Gasteiger partial charge in [-0.25, -0.2) is 5.43 Å². The molecule has 0 aromatic heterocycles. The summed E-state index contributed by atoms with van der Waals surface area (Å²) >= 11 is 5.86. The molecule has 2 aromatic rings. The van der Waals surface area contributed by atoms with E-state index in [2.05, 4.69) is 15.8 Å². The molecule has 22 heavy (non-hydrogen) atoms. The molecule has 0 aliphatic carbocycles. The Morgan fingerprint density at radius 2 is 2.09 bits per heavy atom. The summed E-state index contributed by atoms with van der Waals surface area (Å²) in [5, 5.41) is 7.47. The highest BCUT2D eigenvalue weighted by Gasteiger charge is 2.00. The van der Waals surface area contributed by atoms with Crippen molar-refractivity contribution in [2.24, 2.45) is 5.10 Å². The van der Waals surface area contributed by atoms with Crippen LogP contribution in [0.3, 0.4) is 0 Å². The van der Waals surface area contributed by atoms with E-state index in [-0.39, 0.29) is 12.5 Å². The van der Waals surface area contributed by atoms with Gasteiger partial charge < -0.3 is 10.1 Å². The largest absolute Gasteiger partial charge is 0.497 e. The molecule has 0 aliphatic rings. The summed E-state index contributed by atoms with van der Waals surface area (Å²) in [4.78, 5) is 11.7. The Morgan fingerprint density at radius 3 is 2.86 bits per heavy atom. The molecule has 2 N–H and O–H groups in total. The van der Waals surface area contributed by atoms with Gasteiger partial charge in [0.15, 0.2) is 0 Å². The molecule has 0 aliphatic heterocycles. The molecular weight excluding hydrogens is 302 g/mol. The van der Waals surface area contributed by atoms with Gasteiger partial charge in [0.05, 0.1) is 19.9 Å². The van der Waals surface area contributed by atoms with Gasteiger partial charge in [0.2, 0.25) is 0 Å². The number of benzene rings is 2. The van der Waals surface area contributed by atoms with Crippen LogP contribution in [0.2, 0.25) is 5.02 Å². The Labute approximate surface area is 133 Å². The minimum atomic E-state index is -0.251. The molecule has 2 aromatic carbocycles. The zero-order valence-corrected chi connectivity index (χ0v) is 12.8. The number of amides is 1. The van der Waals surface area contributed by atoms with E-state index in [1.165, 1.54) is 0 Å². The van der Waals surface area contributed by atoms with E-state index < -0.39 is 0 Å². The first-order chi connectivity index (χ1) is 10.7. The van der Waals surface area contributed by atoms with Crippen LogP contribution < -0.4 is 15.5 Å². The quantitative estimate of drug-likeness (QED) is 0.636. The fourth-order valence-corrected chi connectivity index (χ4v) is 1.91. The predicted molar refractivity (Wildman–Crippen MR) is 88.7 cm³/mol. The summed E-state index contributed by atoms with van der Waals surface area (Å²) < 4.78 is 5.11. The SMILES string of the molecule is COc1cccc(/C=N/NC(=O)CNc2cccc(Cl)c2)c1. The minimum absolute atomic E-state index is 0.107. The average Bonchev–Trinajstić information content (AvgIpc) is 2.53. The number of carbonyl (C=O) groups is 1.